The normalized spacial score (nSPS) is 15.9. The molecule has 0 radical (unpaired) electrons. The number of ether oxygens (including phenoxy) is 1. The monoisotopic (exact) mass is 248 g/mol. The van der Waals surface area contributed by atoms with Crippen LogP contribution in [0, 0.1) is 0 Å². The van der Waals surface area contributed by atoms with E-state index in [0.717, 1.165) is 0 Å². The second-order valence-corrected chi connectivity index (χ2v) is 4.23. The number of benzene rings is 1. The molecular formula is C13H16N2O3. The number of hydrogen-bond acceptors (Lipinski definition) is 5. The number of carbonyl (C=O) groups is 1. The zero-order valence-electron chi connectivity index (χ0n) is 10.4. The first kappa shape index (κ1) is 12.3. The van der Waals surface area contributed by atoms with Crippen LogP contribution in [0.1, 0.15) is 17.3 Å². The van der Waals surface area contributed by atoms with Crippen molar-refractivity contribution in [2.75, 3.05) is 13.7 Å². The number of phenolic OH excluding ortho intramolecular Hbond substituents is 1. The number of esters is 1. The van der Waals surface area contributed by atoms with E-state index in [1.54, 1.807) is 19.1 Å². The summed E-state index contributed by atoms with van der Waals surface area (Å²) in [5, 5.41) is 9.56. The molecule has 5 heteroatoms. The number of phenols is 1. The Morgan fingerprint density at radius 1 is 1.39 bits per heavy atom. The SMILES string of the molecule is CC(OC(=O)c1ccccc1O)N1C=CN(C)C1. The molecule has 1 aromatic rings. The molecule has 0 spiro atoms. The Labute approximate surface area is 106 Å². The van der Waals surface area contributed by atoms with Gasteiger partial charge in [0.05, 0.1) is 6.67 Å². The highest BCUT2D eigenvalue weighted by Gasteiger charge is 2.21. The summed E-state index contributed by atoms with van der Waals surface area (Å²) in [6.07, 6.45) is 3.39. The smallest absolute Gasteiger partial charge is 0.343 e. The van der Waals surface area contributed by atoms with Gasteiger partial charge in [0.2, 0.25) is 0 Å². The number of carbonyl (C=O) groups excluding carboxylic acids is 1. The molecule has 18 heavy (non-hydrogen) atoms. The summed E-state index contributed by atoms with van der Waals surface area (Å²) in [7, 11) is 1.94. The Bertz CT molecular complexity index is 473. The minimum atomic E-state index is -0.524. The fourth-order valence-electron chi connectivity index (χ4n) is 1.72. The van der Waals surface area contributed by atoms with Crippen molar-refractivity contribution in [2.24, 2.45) is 0 Å². The molecule has 1 aliphatic rings. The highest BCUT2D eigenvalue weighted by atomic mass is 16.6. The van der Waals surface area contributed by atoms with Gasteiger partial charge in [-0.1, -0.05) is 12.1 Å². The molecule has 1 aliphatic heterocycles. The maximum atomic E-state index is 11.9. The first-order chi connectivity index (χ1) is 8.58. The van der Waals surface area contributed by atoms with E-state index < -0.39 is 5.97 Å². The van der Waals surface area contributed by atoms with Crippen LogP contribution in [-0.4, -0.2) is 40.8 Å². The lowest BCUT2D eigenvalue weighted by molar-refractivity contribution is -0.0103. The molecule has 1 heterocycles. The van der Waals surface area contributed by atoms with E-state index in [1.165, 1.54) is 12.1 Å². The van der Waals surface area contributed by atoms with E-state index in [9.17, 15) is 9.90 Å². The Morgan fingerprint density at radius 2 is 2.11 bits per heavy atom. The molecule has 0 amide bonds. The highest BCUT2D eigenvalue weighted by Crippen LogP contribution is 2.18. The van der Waals surface area contributed by atoms with Crippen molar-refractivity contribution in [2.45, 2.75) is 13.2 Å². The van der Waals surface area contributed by atoms with Gasteiger partial charge < -0.3 is 19.6 Å². The van der Waals surface area contributed by atoms with Crippen LogP contribution in [0.3, 0.4) is 0 Å². The van der Waals surface area contributed by atoms with Gasteiger partial charge in [0.25, 0.3) is 0 Å². The van der Waals surface area contributed by atoms with Gasteiger partial charge in [0.1, 0.15) is 11.3 Å². The van der Waals surface area contributed by atoms with E-state index >= 15 is 0 Å². The van der Waals surface area contributed by atoms with Crippen molar-refractivity contribution in [1.82, 2.24) is 9.80 Å². The third kappa shape index (κ3) is 2.56. The second kappa shape index (κ2) is 5.00. The van der Waals surface area contributed by atoms with E-state index in [1.807, 2.05) is 29.2 Å². The highest BCUT2D eigenvalue weighted by molar-refractivity contribution is 5.92. The van der Waals surface area contributed by atoms with Crippen molar-refractivity contribution in [1.29, 1.82) is 0 Å². The molecular weight excluding hydrogens is 232 g/mol. The third-order valence-electron chi connectivity index (χ3n) is 2.77. The average Bonchev–Trinajstić information content (AvgIpc) is 2.76. The molecule has 0 saturated heterocycles. The summed E-state index contributed by atoms with van der Waals surface area (Å²) >= 11 is 0. The fraction of sp³-hybridized carbons (Fsp3) is 0.308. The fourth-order valence-corrected chi connectivity index (χ4v) is 1.72. The largest absolute Gasteiger partial charge is 0.507 e. The topological polar surface area (TPSA) is 53.0 Å². The summed E-state index contributed by atoms with van der Waals surface area (Å²) in [6.45, 7) is 2.47. The first-order valence-electron chi connectivity index (χ1n) is 5.71. The molecule has 1 N–H and O–H groups in total. The summed E-state index contributed by atoms with van der Waals surface area (Å²) in [5.74, 6) is -0.590. The van der Waals surface area contributed by atoms with Gasteiger partial charge in [0.15, 0.2) is 6.23 Å². The Morgan fingerprint density at radius 3 is 2.72 bits per heavy atom. The molecule has 5 nitrogen and oxygen atoms in total. The summed E-state index contributed by atoms with van der Waals surface area (Å²) in [4.78, 5) is 15.7. The lowest BCUT2D eigenvalue weighted by atomic mass is 10.2. The van der Waals surface area contributed by atoms with Crippen molar-refractivity contribution >= 4 is 5.97 Å². The zero-order valence-corrected chi connectivity index (χ0v) is 10.4. The predicted octanol–water partition coefficient (Wildman–Crippen LogP) is 1.57. The Hall–Kier alpha value is -2.17. The minimum Gasteiger partial charge on any atom is -0.507 e. The van der Waals surface area contributed by atoms with Crippen LogP contribution in [0.4, 0.5) is 0 Å². The van der Waals surface area contributed by atoms with Crippen molar-refractivity contribution in [3.05, 3.63) is 42.2 Å². The van der Waals surface area contributed by atoms with Gasteiger partial charge in [-0.25, -0.2) is 4.79 Å². The van der Waals surface area contributed by atoms with Gasteiger partial charge in [-0.3, -0.25) is 0 Å². The number of nitrogens with zero attached hydrogens (tertiary/aromatic N) is 2. The summed E-state index contributed by atoms with van der Waals surface area (Å²) in [6, 6.07) is 6.35. The van der Waals surface area contributed by atoms with E-state index in [2.05, 4.69) is 0 Å². The number of rotatable bonds is 3. The van der Waals surface area contributed by atoms with Crippen LogP contribution in [0.2, 0.25) is 0 Å². The molecule has 0 aromatic heterocycles. The third-order valence-corrected chi connectivity index (χ3v) is 2.77. The van der Waals surface area contributed by atoms with Gasteiger partial charge >= 0.3 is 5.97 Å². The quantitative estimate of drug-likeness (QED) is 0.823. The maximum Gasteiger partial charge on any atom is 0.343 e. The lowest BCUT2D eigenvalue weighted by Crippen LogP contribution is -2.34. The van der Waals surface area contributed by atoms with E-state index in [-0.39, 0.29) is 17.5 Å². The zero-order chi connectivity index (χ0) is 13.1. The molecule has 1 aromatic carbocycles. The molecule has 0 saturated carbocycles. The van der Waals surface area contributed by atoms with Crippen molar-refractivity contribution in [3.8, 4) is 5.75 Å². The molecule has 0 fully saturated rings. The van der Waals surface area contributed by atoms with Crippen LogP contribution < -0.4 is 0 Å². The van der Waals surface area contributed by atoms with Crippen LogP contribution in [0.15, 0.2) is 36.7 Å². The van der Waals surface area contributed by atoms with Crippen molar-refractivity contribution in [3.63, 3.8) is 0 Å². The first-order valence-corrected chi connectivity index (χ1v) is 5.71. The molecule has 2 rings (SSSR count). The molecule has 1 atom stereocenters. The molecule has 0 aliphatic carbocycles. The van der Waals surface area contributed by atoms with Gasteiger partial charge in [-0.15, -0.1) is 0 Å². The number of hydrogen-bond donors (Lipinski definition) is 1. The van der Waals surface area contributed by atoms with Crippen LogP contribution in [0.25, 0.3) is 0 Å². The van der Waals surface area contributed by atoms with Gasteiger partial charge in [-0.05, 0) is 19.1 Å². The van der Waals surface area contributed by atoms with E-state index in [0.29, 0.717) is 6.67 Å². The molecule has 1 unspecified atom stereocenters. The van der Waals surface area contributed by atoms with E-state index in [4.69, 9.17) is 4.74 Å². The van der Waals surface area contributed by atoms with Crippen LogP contribution >= 0.6 is 0 Å². The molecule has 96 valence electrons. The van der Waals surface area contributed by atoms with Gasteiger partial charge in [0, 0.05) is 19.4 Å². The number of para-hydroxylation sites is 1. The summed E-state index contributed by atoms with van der Waals surface area (Å²) < 4.78 is 5.30. The minimum absolute atomic E-state index is 0.0659. The summed E-state index contributed by atoms with van der Waals surface area (Å²) in [5.41, 5.74) is 0.181. The lowest BCUT2D eigenvalue weighted by Gasteiger charge is -2.25. The van der Waals surface area contributed by atoms with Crippen molar-refractivity contribution < 1.29 is 14.6 Å². The Kier molecular flexibility index (Phi) is 3.41. The second-order valence-electron chi connectivity index (χ2n) is 4.23. The standard InChI is InChI=1S/C13H16N2O3/c1-10(15-8-7-14(2)9-15)18-13(17)11-5-3-4-6-12(11)16/h3-8,10,16H,9H2,1-2H3. The van der Waals surface area contributed by atoms with Crippen LogP contribution in [-0.2, 0) is 4.74 Å². The molecule has 0 bridgehead atoms. The number of aromatic hydroxyl groups is 1. The van der Waals surface area contributed by atoms with Crippen LogP contribution in [0.5, 0.6) is 5.75 Å². The predicted molar refractivity (Wildman–Crippen MR) is 66.6 cm³/mol. The maximum absolute atomic E-state index is 11.9. The Balaban J connectivity index is 2.00. The van der Waals surface area contributed by atoms with Gasteiger partial charge in [-0.2, -0.15) is 0 Å². The average molecular weight is 248 g/mol.